The maximum atomic E-state index is 13.0. The lowest BCUT2D eigenvalue weighted by atomic mass is 10.1. The van der Waals surface area contributed by atoms with Gasteiger partial charge in [0, 0.05) is 21.7 Å². The highest BCUT2D eigenvalue weighted by Crippen LogP contribution is 2.65. The zero-order valence-corrected chi connectivity index (χ0v) is 20.2. The van der Waals surface area contributed by atoms with Crippen LogP contribution in [0.4, 0.5) is 15.9 Å². The summed E-state index contributed by atoms with van der Waals surface area (Å²) in [7, 11) is 0. The van der Waals surface area contributed by atoms with Crippen molar-refractivity contribution in [3.05, 3.63) is 86.7 Å². The molecule has 11 heteroatoms. The van der Waals surface area contributed by atoms with Gasteiger partial charge in [-0.15, -0.1) is 23.2 Å². The summed E-state index contributed by atoms with van der Waals surface area (Å²) in [5.41, 5.74) is 1.03. The molecule has 0 bridgehead atoms. The zero-order valence-electron chi connectivity index (χ0n) is 16.4. The quantitative estimate of drug-likeness (QED) is 0.339. The third kappa shape index (κ3) is 5.20. The van der Waals surface area contributed by atoms with Gasteiger partial charge in [0.15, 0.2) is 0 Å². The van der Waals surface area contributed by atoms with Gasteiger partial charge >= 0.3 is 0 Å². The highest BCUT2D eigenvalue weighted by Gasteiger charge is 2.67. The van der Waals surface area contributed by atoms with Gasteiger partial charge in [-0.3, -0.25) is 9.59 Å². The van der Waals surface area contributed by atoms with Crippen LogP contribution in [0.15, 0.2) is 54.7 Å². The van der Waals surface area contributed by atoms with Crippen molar-refractivity contribution in [3.63, 3.8) is 0 Å². The van der Waals surface area contributed by atoms with E-state index in [-0.39, 0.29) is 16.4 Å². The van der Waals surface area contributed by atoms with Crippen LogP contribution in [0.5, 0.6) is 0 Å². The second-order valence-electron chi connectivity index (χ2n) is 7.33. The minimum atomic E-state index is -1.35. The van der Waals surface area contributed by atoms with Crippen LogP contribution in [0.1, 0.15) is 21.8 Å². The van der Waals surface area contributed by atoms with E-state index in [1.807, 2.05) is 0 Å². The Bertz CT molecular complexity index is 1230. The van der Waals surface area contributed by atoms with Gasteiger partial charge in [0.25, 0.3) is 5.91 Å². The Hall–Kier alpha value is -2.09. The summed E-state index contributed by atoms with van der Waals surface area (Å²) in [4.78, 5) is 29.3. The van der Waals surface area contributed by atoms with Gasteiger partial charge < -0.3 is 10.6 Å². The molecule has 2 N–H and O–H groups in total. The molecule has 33 heavy (non-hydrogen) atoms. The highest BCUT2D eigenvalue weighted by atomic mass is 35.5. The lowest BCUT2D eigenvalue weighted by Crippen LogP contribution is -2.18. The first-order valence-corrected chi connectivity index (χ1v) is 11.3. The van der Waals surface area contributed by atoms with Crippen LogP contribution in [0.25, 0.3) is 0 Å². The van der Waals surface area contributed by atoms with Gasteiger partial charge in [0.1, 0.15) is 16.0 Å². The maximum absolute atomic E-state index is 13.0. The van der Waals surface area contributed by atoms with Gasteiger partial charge in [-0.1, -0.05) is 34.8 Å². The number of hydrogen-bond acceptors (Lipinski definition) is 3. The number of rotatable bonds is 5. The smallest absolute Gasteiger partial charge is 0.258 e. The van der Waals surface area contributed by atoms with Crippen molar-refractivity contribution >= 4 is 81.3 Å². The van der Waals surface area contributed by atoms with E-state index in [2.05, 4.69) is 15.6 Å². The van der Waals surface area contributed by atoms with E-state index < -0.39 is 33.8 Å². The second-order valence-corrected chi connectivity index (χ2v) is 10.1. The van der Waals surface area contributed by atoms with Crippen LogP contribution >= 0.6 is 58.0 Å². The average molecular weight is 548 g/mol. The second kappa shape index (κ2) is 9.28. The molecule has 2 atom stereocenters. The van der Waals surface area contributed by atoms with Gasteiger partial charge in [-0.05, 0) is 54.1 Å². The summed E-state index contributed by atoms with van der Waals surface area (Å²) in [6.45, 7) is 0. The lowest BCUT2D eigenvalue weighted by molar-refractivity contribution is -0.117. The number of nitrogens with one attached hydrogen (secondary N) is 2. The molecule has 1 saturated carbocycles. The lowest BCUT2D eigenvalue weighted by Gasteiger charge is -2.10. The van der Waals surface area contributed by atoms with Crippen LogP contribution in [0, 0.1) is 11.7 Å². The van der Waals surface area contributed by atoms with Gasteiger partial charge in [-0.25, -0.2) is 9.37 Å². The van der Waals surface area contributed by atoms with E-state index in [9.17, 15) is 14.0 Å². The molecule has 0 aliphatic heterocycles. The third-order valence-corrected chi connectivity index (χ3v) is 6.73. The van der Waals surface area contributed by atoms with E-state index in [1.165, 1.54) is 24.3 Å². The van der Waals surface area contributed by atoms with Gasteiger partial charge in [0.2, 0.25) is 5.91 Å². The van der Waals surface area contributed by atoms with Crippen molar-refractivity contribution in [1.82, 2.24) is 4.98 Å². The Morgan fingerprint density at radius 1 is 0.939 bits per heavy atom. The topological polar surface area (TPSA) is 71.1 Å². The molecule has 4 rings (SSSR count). The molecule has 2 amide bonds. The number of anilines is 2. The number of aromatic nitrogens is 1. The van der Waals surface area contributed by atoms with Crippen LogP contribution in [0.3, 0.4) is 0 Å². The van der Waals surface area contributed by atoms with Crippen LogP contribution in [0.2, 0.25) is 15.1 Å². The SMILES string of the molecule is O=C(Nc1ccc(F)cn1)c1cc(NC(=O)C2C(c3cc(Cl)cc(Cl)c3)C2(Cl)Cl)ccc1Cl. The molecule has 0 spiro atoms. The predicted molar refractivity (Wildman–Crippen MR) is 129 cm³/mol. The normalized spacial score (nSPS) is 18.5. The van der Waals surface area contributed by atoms with Crippen molar-refractivity contribution in [3.8, 4) is 0 Å². The van der Waals surface area contributed by atoms with Crippen molar-refractivity contribution in [2.24, 2.45) is 5.92 Å². The summed E-state index contributed by atoms with van der Waals surface area (Å²) in [6, 6.07) is 11.7. The number of nitrogens with zero attached hydrogens (tertiary/aromatic N) is 1. The Labute approximate surface area is 213 Å². The predicted octanol–water partition coefficient (Wildman–Crippen LogP) is 6.96. The Balaban J connectivity index is 1.50. The van der Waals surface area contributed by atoms with E-state index in [4.69, 9.17) is 58.0 Å². The van der Waals surface area contributed by atoms with E-state index in [1.54, 1.807) is 18.2 Å². The first kappa shape index (κ1) is 24.0. The molecular formula is C22H13Cl5FN3O2. The van der Waals surface area contributed by atoms with Crippen LogP contribution in [-0.2, 0) is 4.79 Å². The van der Waals surface area contributed by atoms with Gasteiger partial charge in [0.05, 0.1) is 22.7 Å². The summed E-state index contributed by atoms with van der Waals surface area (Å²) in [5.74, 6) is -2.72. The average Bonchev–Trinajstić information content (AvgIpc) is 3.32. The number of carbonyl (C=O) groups is 2. The number of amides is 2. The molecule has 170 valence electrons. The highest BCUT2D eigenvalue weighted by molar-refractivity contribution is 6.53. The molecule has 3 aromatic rings. The van der Waals surface area contributed by atoms with Crippen molar-refractivity contribution in [2.75, 3.05) is 10.6 Å². The number of alkyl halides is 2. The van der Waals surface area contributed by atoms with Crippen molar-refractivity contribution in [1.29, 1.82) is 0 Å². The Morgan fingerprint density at radius 2 is 1.64 bits per heavy atom. The summed E-state index contributed by atoms with van der Waals surface area (Å²) in [6.07, 6.45) is 0.970. The summed E-state index contributed by atoms with van der Waals surface area (Å²) in [5, 5.41) is 6.16. The first-order valence-electron chi connectivity index (χ1n) is 9.43. The minimum Gasteiger partial charge on any atom is -0.326 e. The number of carbonyl (C=O) groups excluding carboxylic acids is 2. The molecule has 2 aromatic carbocycles. The van der Waals surface area contributed by atoms with E-state index in [0.717, 1.165) is 12.3 Å². The van der Waals surface area contributed by atoms with Crippen molar-refractivity contribution < 1.29 is 14.0 Å². The van der Waals surface area contributed by atoms with Crippen LogP contribution in [-0.4, -0.2) is 21.1 Å². The van der Waals surface area contributed by atoms with Crippen LogP contribution < -0.4 is 10.6 Å². The molecule has 1 aromatic heterocycles. The van der Waals surface area contributed by atoms with E-state index >= 15 is 0 Å². The Kier molecular flexibility index (Phi) is 6.76. The Morgan fingerprint density at radius 3 is 2.27 bits per heavy atom. The number of halogens is 6. The third-order valence-electron chi connectivity index (χ3n) is 5.03. The summed E-state index contributed by atoms with van der Waals surface area (Å²) < 4.78 is 11.7. The molecule has 1 aliphatic rings. The fraction of sp³-hybridized carbons (Fsp3) is 0.136. The zero-order chi connectivity index (χ0) is 23.9. The fourth-order valence-corrected chi connectivity index (χ4v) is 5.03. The number of benzene rings is 2. The molecule has 0 saturated heterocycles. The molecule has 0 radical (unpaired) electrons. The summed E-state index contributed by atoms with van der Waals surface area (Å²) >= 11 is 31.0. The van der Waals surface area contributed by atoms with E-state index in [0.29, 0.717) is 21.3 Å². The molecule has 2 unspecified atom stereocenters. The maximum Gasteiger partial charge on any atom is 0.258 e. The van der Waals surface area contributed by atoms with Crippen molar-refractivity contribution in [2.45, 2.75) is 10.3 Å². The molecule has 5 nitrogen and oxygen atoms in total. The molecule has 1 fully saturated rings. The largest absolute Gasteiger partial charge is 0.326 e. The first-order chi connectivity index (χ1) is 15.6. The standard InChI is InChI=1S/C22H13Cl5FN3O2/c23-11-5-10(6-12(24)7-11)18-19(22(18,26)27)21(33)30-14-2-3-16(25)15(8-14)20(32)31-17-4-1-13(28)9-29-17/h1-9,18-19H,(H,30,33)(H,29,31,32). The van der Waals surface area contributed by atoms with Gasteiger partial charge in [-0.2, -0.15) is 0 Å². The molecular weight excluding hydrogens is 535 g/mol. The molecule has 1 aliphatic carbocycles. The minimum absolute atomic E-state index is 0.0811. The number of pyridine rings is 1. The fourth-order valence-electron chi connectivity index (χ4n) is 3.45. The monoisotopic (exact) mass is 545 g/mol. The molecule has 1 heterocycles. The number of hydrogen-bond donors (Lipinski definition) is 2.